The Bertz CT molecular complexity index is 335. The van der Waals surface area contributed by atoms with E-state index in [2.05, 4.69) is 0 Å². The van der Waals surface area contributed by atoms with Gasteiger partial charge in [-0.25, -0.2) is 4.79 Å². The molecule has 4 heteroatoms. The Morgan fingerprint density at radius 1 is 1.58 bits per heavy atom. The normalized spacial score (nSPS) is 13.7. The molecule has 2 rings (SSSR count). The zero-order valence-corrected chi connectivity index (χ0v) is 6.41. The number of fused-ring (bicyclic) bond motifs is 1. The predicted octanol–water partition coefficient (Wildman–Crippen LogP) is -0.108. The average Bonchev–Trinajstić information content (AvgIpc) is 2.49. The minimum Gasteiger partial charge on any atom is -0.478 e. The molecule has 0 saturated carbocycles. The van der Waals surface area contributed by atoms with Crippen molar-refractivity contribution in [1.82, 2.24) is 0 Å². The minimum absolute atomic E-state index is 0.333. The highest BCUT2D eigenvalue weighted by Crippen LogP contribution is 2.07. The zero-order valence-electron chi connectivity index (χ0n) is 6.41. The number of hydrogen-bond acceptors (Lipinski definition) is 2. The van der Waals surface area contributed by atoms with Gasteiger partial charge in [0.15, 0.2) is 0 Å². The molecule has 0 radical (unpaired) electrons. The van der Waals surface area contributed by atoms with E-state index in [-0.39, 0.29) is 0 Å². The van der Waals surface area contributed by atoms with Crippen molar-refractivity contribution in [3.05, 3.63) is 29.3 Å². The zero-order chi connectivity index (χ0) is 8.55. The molecule has 0 fully saturated rings. The maximum atomic E-state index is 10.6. The van der Waals surface area contributed by atoms with Crippen LogP contribution in [0.1, 0.15) is 15.9 Å². The van der Waals surface area contributed by atoms with E-state index in [0.29, 0.717) is 19.7 Å². The van der Waals surface area contributed by atoms with Crippen molar-refractivity contribution in [2.45, 2.75) is 6.61 Å². The van der Waals surface area contributed by atoms with Gasteiger partial charge in [0.25, 0.3) is 0 Å². The molecule has 12 heavy (non-hydrogen) atoms. The number of benzene rings is 1. The molecule has 0 saturated heterocycles. The fourth-order valence-electron chi connectivity index (χ4n) is 1.31. The third-order valence-corrected chi connectivity index (χ3v) is 1.97. The van der Waals surface area contributed by atoms with Gasteiger partial charge in [-0.15, -0.1) is 0 Å². The third kappa shape index (κ3) is 1.10. The fraction of sp³-hybridized carbons (Fsp3) is 0.125. The van der Waals surface area contributed by atoms with E-state index >= 15 is 0 Å². The first-order valence-electron chi connectivity index (χ1n) is 3.70. The van der Waals surface area contributed by atoms with E-state index in [0.717, 1.165) is 11.0 Å². The van der Waals surface area contributed by atoms with Crippen LogP contribution >= 0.6 is 0 Å². The van der Waals surface area contributed by atoms with Gasteiger partial charge in [0.05, 0.1) is 12.2 Å². The second-order valence-corrected chi connectivity index (χ2v) is 2.78. The lowest BCUT2D eigenvalue weighted by Gasteiger charge is -1.97. The molecule has 1 aromatic carbocycles. The number of rotatable bonds is 1. The highest BCUT2D eigenvalue weighted by molar-refractivity contribution is 6.49. The van der Waals surface area contributed by atoms with Crippen molar-refractivity contribution in [2.24, 2.45) is 0 Å². The van der Waals surface area contributed by atoms with E-state index in [1.54, 1.807) is 12.1 Å². The van der Waals surface area contributed by atoms with E-state index < -0.39 is 5.97 Å². The summed E-state index contributed by atoms with van der Waals surface area (Å²) in [5, 5.41) is 8.68. The fourth-order valence-corrected chi connectivity index (χ4v) is 1.31. The van der Waals surface area contributed by atoms with Crippen molar-refractivity contribution in [2.75, 3.05) is 0 Å². The monoisotopic (exact) mass is 162 g/mol. The largest absolute Gasteiger partial charge is 0.478 e. The van der Waals surface area contributed by atoms with E-state index in [1.165, 1.54) is 0 Å². The summed E-state index contributed by atoms with van der Waals surface area (Å²) in [7, 11) is 0.538. The van der Waals surface area contributed by atoms with Crippen LogP contribution in [0.3, 0.4) is 0 Å². The van der Waals surface area contributed by atoms with Crippen LogP contribution in [0.4, 0.5) is 0 Å². The van der Waals surface area contributed by atoms with Crippen LogP contribution in [0, 0.1) is 0 Å². The first-order valence-corrected chi connectivity index (χ1v) is 3.70. The van der Waals surface area contributed by atoms with Gasteiger partial charge in [0.2, 0.25) is 0 Å². The summed E-state index contributed by atoms with van der Waals surface area (Å²) >= 11 is 0. The van der Waals surface area contributed by atoms with Crippen LogP contribution in [0.25, 0.3) is 0 Å². The van der Waals surface area contributed by atoms with E-state index in [9.17, 15) is 4.79 Å². The van der Waals surface area contributed by atoms with Gasteiger partial charge < -0.3 is 9.76 Å². The molecule has 1 aromatic rings. The van der Waals surface area contributed by atoms with Gasteiger partial charge in [-0.3, -0.25) is 0 Å². The van der Waals surface area contributed by atoms with Gasteiger partial charge in [-0.2, -0.15) is 0 Å². The lowest BCUT2D eigenvalue weighted by atomic mass is 9.86. The van der Waals surface area contributed by atoms with Gasteiger partial charge in [0.1, 0.15) is 0 Å². The smallest absolute Gasteiger partial charge is 0.335 e. The van der Waals surface area contributed by atoms with Gasteiger partial charge in [0, 0.05) is 0 Å². The third-order valence-electron chi connectivity index (χ3n) is 1.97. The molecule has 60 valence electrons. The molecule has 0 unspecified atom stereocenters. The molecule has 1 aliphatic rings. The van der Waals surface area contributed by atoms with Gasteiger partial charge >= 0.3 is 13.5 Å². The van der Waals surface area contributed by atoms with E-state index in [4.69, 9.17) is 9.76 Å². The Morgan fingerprint density at radius 3 is 3.17 bits per heavy atom. The van der Waals surface area contributed by atoms with Crippen LogP contribution < -0.4 is 5.46 Å². The summed E-state index contributed by atoms with van der Waals surface area (Å²) in [6, 6.07) is 5.09. The Morgan fingerprint density at radius 2 is 2.42 bits per heavy atom. The second-order valence-electron chi connectivity index (χ2n) is 2.78. The molecule has 0 bridgehead atoms. The van der Waals surface area contributed by atoms with Crippen LogP contribution in [-0.4, -0.2) is 18.6 Å². The van der Waals surface area contributed by atoms with E-state index in [1.807, 2.05) is 6.07 Å². The number of carboxylic acids is 1. The minimum atomic E-state index is -0.885. The first-order chi connectivity index (χ1) is 5.77. The molecule has 3 nitrogen and oxygen atoms in total. The quantitative estimate of drug-likeness (QED) is 0.586. The van der Waals surface area contributed by atoms with Crippen molar-refractivity contribution < 1.29 is 14.6 Å². The molecular formula is C8H7BO3. The lowest BCUT2D eigenvalue weighted by Crippen LogP contribution is -2.13. The second kappa shape index (κ2) is 2.64. The van der Waals surface area contributed by atoms with Crippen LogP contribution in [0.5, 0.6) is 0 Å². The van der Waals surface area contributed by atoms with Crippen molar-refractivity contribution in [3.8, 4) is 0 Å². The topological polar surface area (TPSA) is 46.5 Å². The Hall–Kier alpha value is -1.29. The maximum Gasteiger partial charge on any atom is 0.335 e. The molecule has 0 atom stereocenters. The van der Waals surface area contributed by atoms with Crippen LogP contribution in [-0.2, 0) is 11.3 Å². The molecule has 0 spiro atoms. The number of aromatic carboxylic acids is 1. The SMILES string of the molecule is O=C(O)c1ccc2c(c1)BOC2. The Kier molecular flexibility index (Phi) is 1.62. The first kappa shape index (κ1) is 7.37. The summed E-state index contributed by atoms with van der Waals surface area (Å²) in [5.41, 5.74) is 2.43. The Balaban J connectivity index is 2.45. The molecular weight excluding hydrogens is 155 g/mol. The maximum absolute atomic E-state index is 10.6. The summed E-state index contributed by atoms with van der Waals surface area (Å²) in [4.78, 5) is 10.6. The molecule has 0 aliphatic carbocycles. The van der Waals surface area contributed by atoms with Crippen LogP contribution in [0.2, 0.25) is 0 Å². The molecule has 0 amide bonds. The summed E-state index contributed by atoms with van der Waals surface area (Å²) < 4.78 is 5.16. The van der Waals surface area contributed by atoms with Crippen molar-refractivity contribution in [1.29, 1.82) is 0 Å². The summed E-state index contributed by atoms with van der Waals surface area (Å²) in [6.45, 7) is 0.606. The van der Waals surface area contributed by atoms with Crippen LogP contribution in [0.15, 0.2) is 18.2 Å². The molecule has 0 aromatic heterocycles. The molecule has 1 heterocycles. The van der Waals surface area contributed by atoms with Gasteiger partial charge in [-0.05, 0) is 17.1 Å². The van der Waals surface area contributed by atoms with Crippen molar-refractivity contribution in [3.63, 3.8) is 0 Å². The predicted molar refractivity (Wildman–Crippen MR) is 45.0 cm³/mol. The highest BCUT2D eigenvalue weighted by Gasteiger charge is 2.14. The highest BCUT2D eigenvalue weighted by atomic mass is 16.4. The number of carboxylic acid groups (broad SMARTS) is 1. The summed E-state index contributed by atoms with van der Waals surface area (Å²) in [6.07, 6.45) is 0. The number of hydrogen-bond donors (Lipinski definition) is 1. The van der Waals surface area contributed by atoms with Gasteiger partial charge in [-0.1, -0.05) is 12.1 Å². The Labute approximate surface area is 70.2 Å². The average molecular weight is 162 g/mol. The van der Waals surface area contributed by atoms with Crippen molar-refractivity contribution >= 4 is 18.9 Å². The summed E-state index contributed by atoms with van der Waals surface area (Å²) in [5.74, 6) is -0.885. The molecule has 1 aliphatic heterocycles. The standard InChI is InChI=1S/C8H7BO3/c10-8(11)5-1-2-6-4-12-9-7(6)3-5/h1-3,9H,4H2,(H,10,11). The molecule has 1 N–H and O–H groups in total. The lowest BCUT2D eigenvalue weighted by molar-refractivity contribution is 0.0697. The number of carbonyl (C=O) groups is 1.